The average Bonchev–Trinajstić information content (AvgIpc) is 2.97. The summed E-state index contributed by atoms with van der Waals surface area (Å²) >= 11 is 3.54. The van der Waals surface area contributed by atoms with Crippen molar-refractivity contribution >= 4 is 26.8 Å². The van der Waals surface area contributed by atoms with Crippen LogP contribution < -0.4 is 0 Å². The van der Waals surface area contributed by atoms with E-state index in [1.807, 2.05) is 4.68 Å². The molecule has 1 aromatic carbocycles. The Kier molecular flexibility index (Phi) is 3.05. The van der Waals surface area contributed by atoms with Gasteiger partial charge in [-0.2, -0.15) is 10.4 Å². The fraction of sp³-hybridized carbons (Fsp3) is 0.250. The molecular weight excluding hydrogens is 347 g/mol. The molecule has 2 aromatic heterocycles. The van der Waals surface area contributed by atoms with Gasteiger partial charge in [0, 0.05) is 18.5 Å². The Bertz CT molecular complexity index is 932. The number of aryl methyl sites for hydroxylation is 2. The molecule has 6 heteroatoms. The Morgan fingerprint density at radius 2 is 2.05 bits per heavy atom. The highest BCUT2D eigenvalue weighted by atomic mass is 79.9. The van der Waals surface area contributed by atoms with Gasteiger partial charge in [-0.15, -0.1) is 0 Å². The van der Waals surface area contributed by atoms with Crippen LogP contribution in [0, 0.1) is 17.1 Å². The van der Waals surface area contributed by atoms with Crippen LogP contribution in [0.15, 0.2) is 28.9 Å². The van der Waals surface area contributed by atoms with Crippen LogP contribution in [0.5, 0.6) is 0 Å². The number of nitriles is 1. The highest BCUT2D eigenvalue weighted by Gasteiger charge is 2.25. The van der Waals surface area contributed by atoms with E-state index in [9.17, 15) is 9.65 Å². The molecule has 0 fully saturated rings. The molecule has 3 heterocycles. The van der Waals surface area contributed by atoms with Gasteiger partial charge in [0.15, 0.2) is 0 Å². The van der Waals surface area contributed by atoms with Crippen LogP contribution in [0.4, 0.5) is 4.39 Å². The van der Waals surface area contributed by atoms with E-state index in [1.54, 1.807) is 12.3 Å². The second-order valence-corrected chi connectivity index (χ2v) is 6.27. The number of benzene rings is 1. The van der Waals surface area contributed by atoms with Crippen molar-refractivity contribution in [3.05, 3.63) is 40.2 Å². The minimum Gasteiger partial charge on any atom is -0.338 e. The van der Waals surface area contributed by atoms with E-state index in [4.69, 9.17) is 0 Å². The summed E-state index contributed by atoms with van der Waals surface area (Å²) in [5, 5.41) is 14.8. The lowest BCUT2D eigenvalue weighted by atomic mass is 10.1. The topological polar surface area (TPSA) is 46.5 Å². The lowest BCUT2D eigenvalue weighted by Gasteiger charge is -2.17. The Hall–Kier alpha value is -2.13. The Morgan fingerprint density at radius 1 is 1.23 bits per heavy atom. The second kappa shape index (κ2) is 4.96. The molecule has 1 aliphatic rings. The first kappa shape index (κ1) is 13.5. The van der Waals surface area contributed by atoms with E-state index in [1.165, 1.54) is 12.1 Å². The minimum atomic E-state index is -0.285. The Morgan fingerprint density at radius 3 is 2.86 bits per heavy atom. The van der Waals surface area contributed by atoms with Crippen molar-refractivity contribution in [3.8, 4) is 17.5 Å². The smallest absolute Gasteiger partial charge is 0.125 e. The summed E-state index contributed by atoms with van der Waals surface area (Å²) in [4.78, 5) is 0. The maximum absolute atomic E-state index is 13.7. The van der Waals surface area contributed by atoms with Crippen LogP contribution in [-0.4, -0.2) is 14.3 Å². The summed E-state index contributed by atoms with van der Waals surface area (Å²) in [6.45, 7) is 1.59. The molecule has 22 heavy (non-hydrogen) atoms. The number of halogens is 2. The molecule has 0 radical (unpaired) electrons. The third-order valence-corrected chi connectivity index (χ3v) is 4.74. The van der Waals surface area contributed by atoms with Crippen LogP contribution in [0.3, 0.4) is 0 Å². The lowest BCUT2D eigenvalue weighted by Crippen LogP contribution is -2.11. The van der Waals surface area contributed by atoms with Crippen molar-refractivity contribution in [1.29, 1.82) is 5.26 Å². The monoisotopic (exact) mass is 358 g/mol. The maximum atomic E-state index is 13.7. The average molecular weight is 359 g/mol. The van der Waals surface area contributed by atoms with Crippen LogP contribution in [0.2, 0.25) is 0 Å². The van der Waals surface area contributed by atoms with Crippen molar-refractivity contribution in [1.82, 2.24) is 14.3 Å². The summed E-state index contributed by atoms with van der Waals surface area (Å²) in [6, 6.07) is 6.90. The molecule has 0 saturated carbocycles. The van der Waals surface area contributed by atoms with E-state index in [-0.39, 0.29) is 5.82 Å². The molecule has 3 aromatic rings. The molecule has 0 aliphatic carbocycles. The first-order valence-electron chi connectivity index (χ1n) is 7.14. The van der Waals surface area contributed by atoms with Crippen LogP contribution in [0.1, 0.15) is 18.4 Å². The van der Waals surface area contributed by atoms with E-state index in [0.717, 1.165) is 52.7 Å². The van der Waals surface area contributed by atoms with Gasteiger partial charge in [0.05, 0.1) is 27.4 Å². The fourth-order valence-corrected chi connectivity index (χ4v) is 3.70. The van der Waals surface area contributed by atoms with Gasteiger partial charge >= 0.3 is 0 Å². The van der Waals surface area contributed by atoms with Crippen molar-refractivity contribution in [2.75, 3.05) is 0 Å². The summed E-state index contributed by atoms with van der Waals surface area (Å²) in [6.07, 6.45) is 3.72. The molecule has 110 valence electrons. The maximum Gasteiger partial charge on any atom is 0.125 e. The molecule has 4 rings (SSSR count). The number of hydrogen-bond acceptors (Lipinski definition) is 2. The Balaban J connectivity index is 2.18. The molecule has 0 unspecified atom stereocenters. The van der Waals surface area contributed by atoms with Crippen LogP contribution >= 0.6 is 15.9 Å². The zero-order valence-corrected chi connectivity index (χ0v) is 13.3. The van der Waals surface area contributed by atoms with Crippen LogP contribution in [0.25, 0.3) is 22.3 Å². The summed E-state index contributed by atoms with van der Waals surface area (Å²) in [5.41, 5.74) is 3.08. The van der Waals surface area contributed by atoms with Gasteiger partial charge in [-0.1, -0.05) is 0 Å². The van der Waals surface area contributed by atoms with Gasteiger partial charge in [-0.25, -0.2) is 4.39 Å². The van der Waals surface area contributed by atoms with Crippen molar-refractivity contribution < 1.29 is 4.39 Å². The SMILES string of the molecule is N#Cc1c2n(c3cc(F)ccc13)CCCCn1ncc(Br)c1-2. The number of nitrogens with zero attached hydrogens (tertiary/aromatic N) is 4. The van der Waals surface area contributed by atoms with E-state index >= 15 is 0 Å². The normalized spacial score (nSPS) is 14.0. The van der Waals surface area contributed by atoms with E-state index < -0.39 is 0 Å². The predicted molar refractivity (Wildman–Crippen MR) is 84.8 cm³/mol. The minimum absolute atomic E-state index is 0.285. The van der Waals surface area contributed by atoms with Gasteiger partial charge in [-0.05, 0) is 47.0 Å². The predicted octanol–water partition coefficient (Wildman–Crippen LogP) is 4.07. The molecule has 1 aliphatic heterocycles. The van der Waals surface area contributed by atoms with E-state index in [2.05, 4.69) is 31.7 Å². The number of fused-ring (bicyclic) bond motifs is 5. The molecule has 0 amide bonds. The second-order valence-electron chi connectivity index (χ2n) is 5.42. The van der Waals surface area contributed by atoms with Gasteiger partial charge < -0.3 is 4.57 Å². The molecular formula is C16H12BrFN4. The quantitative estimate of drug-likeness (QED) is 0.607. The Labute approximate surface area is 134 Å². The van der Waals surface area contributed by atoms with Gasteiger partial charge in [0.25, 0.3) is 0 Å². The standard InChI is InChI=1S/C16H12BrFN4/c17-13-9-20-22-6-2-1-5-21-14-7-10(18)3-4-11(14)12(8-19)15(21)16(13)22/h3-4,7,9H,1-2,5-6H2. The number of aromatic nitrogens is 3. The molecule has 4 nitrogen and oxygen atoms in total. The highest BCUT2D eigenvalue weighted by molar-refractivity contribution is 9.10. The largest absolute Gasteiger partial charge is 0.338 e. The van der Waals surface area contributed by atoms with Gasteiger partial charge in [-0.3, -0.25) is 4.68 Å². The third kappa shape index (κ3) is 1.82. The molecule has 0 bridgehead atoms. The first-order valence-corrected chi connectivity index (χ1v) is 7.93. The first-order chi connectivity index (χ1) is 10.7. The summed E-state index contributed by atoms with van der Waals surface area (Å²) < 4.78 is 18.5. The zero-order valence-electron chi connectivity index (χ0n) is 11.7. The van der Waals surface area contributed by atoms with Gasteiger partial charge in [0.1, 0.15) is 17.6 Å². The van der Waals surface area contributed by atoms with Gasteiger partial charge in [0.2, 0.25) is 0 Å². The molecule has 0 saturated heterocycles. The summed E-state index contributed by atoms with van der Waals surface area (Å²) in [7, 11) is 0. The van der Waals surface area contributed by atoms with Crippen molar-refractivity contribution in [2.24, 2.45) is 0 Å². The molecule has 0 spiro atoms. The fourth-order valence-electron chi connectivity index (χ4n) is 3.21. The molecule has 0 N–H and O–H groups in total. The van der Waals surface area contributed by atoms with Crippen molar-refractivity contribution in [3.63, 3.8) is 0 Å². The highest BCUT2D eigenvalue weighted by Crippen LogP contribution is 2.38. The number of hydrogen-bond donors (Lipinski definition) is 0. The lowest BCUT2D eigenvalue weighted by molar-refractivity contribution is 0.514. The third-order valence-electron chi connectivity index (χ3n) is 4.16. The van der Waals surface area contributed by atoms with Crippen LogP contribution in [-0.2, 0) is 13.1 Å². The van der Waals surface area contributed by atoms with Crippen molar-refractivity contribution in [2.45, 2.75) is 25.9 Å². The zero-order chi connectivity index (χ0) is 15.3. The molecule has 0 atom stereocenters. The summed E-state index contributed by atoms with van der Waals surface area (Å²) in [5.74, 6) is -0.285. The number of rotatable bonds is 0. The van der Waals surface area contributed by atoms with E-state index in [0.29, 0.717) is 5.56 Å².